The normalized spacial score (nSPS) is 21.0. The van der Waals surface area contributed by atoms with Crippen molar-refractivity contribution in [1.82, 2.24) is 5.32 Å². The molecule has 0 amide bonds. The zero-order chi connectivity index (χ0) is 11.4. The molecule has 0 radical (unpaired) electrons. The van der Waals surface area contributed by atoms with Crippen LogP contribution in [0.5, 0.6) is 0 Å². The van der Waals surface area contributed by atoms with Crippen molar-refractivity contribution in [2.45, 2.75) is 39.5 Å². The van der Waals surface area contributed by atoms with E-state index in [0.29, 0.717) is 0 Å². The largest absolute Gasteiger partial charge is 0.316 e. The first-order valence-electron chi connectivity index (χ1n) is 6.58. The molecule has 1 atom stereocenters. The zero-order valence-electron chi connectivity index (χ0n) is 10.6. The smallest absolute Gasteiger partial charge is 0.00173 e. The van der Waals surface area contributed by atoms with Crippen LogP contribution < -0.4 is 5.32 Å². The number of rotatable bonds is 3. The van der Waals surface area contributed by atoms with Gasteiger partial charge in [0.15, 0.2) is 0 Å². The van der Waals surface area contributed by atoms with E-state index in [4.69, 9.17) is 0 Å². The summed E-state index contributed by atoms with van der Waals surface area (Å²) in [5, 5.41) is 3.50. The molecule has 0 bridgehead atoms. The van der Waals surface area contributed by atoms with Gasteiger partial charge in [0.05, 0.1) is 0 Å². The second-order valence-electron chi connectivity index (χ2n) is 5.03. The van der Waals surface area contributed by atoms with E-state index in [1.807, 2.05) is 0 Å². The second-order valence-corrected chi connectivity index (χ2v) is 5.03. The van der Waals surface area contributed by atoms with E-state index in [9.17, 15) is 0 Å². The van der Waals surface area contributed by atoms with Crippen LogP contribution in [0.3, 0.4) is 0 Å². The minimum atomic E-state index is 0.847. The lowest BCUT2D eigenvalue weighted by atomic mass is 9.89. The van der Waals surface area contributed by atoms with Crippen LogP contribution in [0.15, 0.2) is 18.2 Å². The van der Waals surface area contributed by atoms with Crippen LogP contribution in [0, 0.1) is 12.8 Å². The van der Waals surface area contributed by atoms with Crippen molar-refractivity contribution in [3.05, 3.63) is 34.9 Å². The molecular weight excluding hydrogens is 194 g/mol. The van der Waals surface area contributed by atoms with E-state index in [1.54, 1.807) is 5.56 Å². The van der Waals surface area contributed by atoms with E-state index in [2.05, 4.69) is 37.4 Å². The minimum absolute atomic E-state index is 0.847. The fourth-order valence-corrected chi connectivity index (χ4v) is 2.57. The molecule has 0 aromatic heterocycles. The summed E-state index contributed by atoms with van der Waals surface area (Å²) in [5.41, 5.74) is 4.50. The first kappa shape index (κ1) is 11.7. The van der Waals surface area contributed by atoms with E-state index in [-0.39, 0.29) is 0 Å². The maximum absolute atomic E-state index is 3.50. The van der Waals surface area contributed by atoms with Crippen LogP contribution in [0.25, 0.3) is 0 Å². The number of aryl methyl sites for hydroxylation is 2. The molecule has 1 unspecified atom stereocenters. The Morgan fingerprint density at radius 1 is 1.38 bits per heavy atom. The van der Waals surface area contributed by atoms with Crippen molar-refractivity contribution in [3.8, 4) is 0 Å². The molecule has 1 aromatic carbocycles. The lowest BCUT2D eigenvalue weighted by molar-refractivity contribution is 0.375. The molecule has 0 aliphatic carbocycles. The molecule has 88 valence electrons. The number of hydrogen-bond acceptors (Lipinski definition) is 1. The summed E-state index contributed by atoms with van der Waals surface area (Å²) < 4.78 is 0. The van der Waals surface area contributed by atoms with Crippen molar-refractivity contribution in [2.24, 2.45) is 5.92 Å². The summed E-state index contributed by atoms with van der Waals surface area (Å²) in [5.74, 6) is 0.847. The van der Waals surface area contributed by atoms with Gasteiger partial charge in [-0.3, -0.25) is 0 Å². The topological polar surface area (TPSA) is 12.0 Å². The van der Waals surface area contributed by atoms with Crippen LogP contribution in [0.2, 0.25) is 0 Å². The highest BCUT2D eigenvalue weighted by Crippen LogP contribution is 2.20. The third-order valence-electron chi connectivity index (χ3n) is 3.73. The van der Waals surface area contributed by atoms with Gasteiger partial charge < -0.3 is 5.32 Å². The maximum atomic E-state index is 3.50. The Bertz CT molecular complexity index is 337. The summed E-state index contributed by atoms with van der Waals surface area (Å²) >= 11 is 0. The average Bonchev–Trinajstić information content (AvgIpc) is 2.33. The van der Waals surface area contributed by atoms with Gasteiger partial charge in [0.2, 0.25) is 0 Å². The second kappa shape index (κ2) is 5.49. The summed E-state index contributed by atoms with van der Waals surface area (Å²) in [6.07, 6.45) is 5.14. The number of benzene rings is 1. The van der Waals surface area contributed by atoms with Gasteiger partial charge in [-0.1, -0.05) is 25.1 Å². The molecule has 2 rings (SSSR count). The number of hydrogen-bond donors (Lipinski definition) is 1. The maximum Gasteiger partial charge on any atom is -0.00173 e. The predicted molar refractivity (Wildman–Crippen MR) is 69.9 cm³/mol. The molecule has 1 heterocycles. The predicted octanol–water partition coefficient (Wildman–Crippen LogP) is 3.10. The Balaban J connectivity index is 2.06. The third kappa shape index (κ3) is 2.85. The van der Waals surface area contributed by atoms with Crippen LogP contribution in [0.1, 0.15) is 36.5 Å². The number of piperidine rings is 1. The summed E-state index contributed by atoms with van der Waals surface area (Å²) in [4.78, 5) is 0. The fourth-order valence-electron chi connectivity index (χ4n) is 2.57. The molecule has 0 spiro atoms. The van der Waals surface area contributed by atoms with E-state index in [0.717, 1.165) is 12.3 Å². The average molecular weight is 217 g/mol. The van der Waals surface area contributed by atoms with Gasteiger partial charge in [-0.15, -0.1) is 0 Å². The molecule has 1 aromatic rings. The number of nitrogens with one attached hydrogen (secondary N) is 1. The lowest BCUT2D eigenvalue weighted by Gasteiger charge is -2.23. The zero-order valence-corrected chi connectivity index (χ0v) is 10.6. The first-order chi connectivity index (χ1) is 7.79. The van der Waals surface area contributed by atoms with Gasteiger partial charge in [-0.05, 0) is 68.3 Å². The molecule has 0 saturated carbocycles. The Kier molecular flexibility index (Phi) is 4.00. The van der Waals surface area contributed by atoms with Gasteiger partial charge >= 0.3 is 0 Å². The molecule has 1 saturated heterocycles. The van der Waals surface area contributed by atoms with Gasteiger partial charge in [0, 0.05) is 0 Å². The SMILES string of the molecule is CCc1ccc(C)c(CC2CCCNC2)c1. The Morgan fingerprint density at radius 3 is 2.94 bits per heavy atom. The third-order valence-corrected chi connectivity index (χ3v) is 3.73. The van der Waals surface area contributed by atoms with E-state index < -0.39 is 0 Å². The summed E-state index contributed by atoms with van der Waals surface area (Å²) in [6, 6.07) is 6.95. The minimum Gasteiger partial charge on any atom is -0.316 e. The molecule has 1 fully saturated rings. The summed E-state index contributed by atoms with van der Waals surface area (Å²) in [6.45, 7) is 6.89. The van der Waals surface area contributed by atoms with Gasteiger partial charge in [0.25, 0.3) is 0 Å². The highest BCUT2D eigenvalue weighted by Gasteiger charge is 2.14. The molecular formula is C15H23N. The monoisotopic (exact) mass is 217 g/mol. The van der Waals surface area contributed by atoms with Crippen molar-refractivity contribution in [3.63, 3.8) is 0 Å². The summed E-state index contributed by atoms with van der Waals surface area (Å²) in [7, 11) is 0. The van der Waals surface area contributed by atoms with Crippen LogP contribution in [0.4, 0.5) is 0 Å². The molecule has 1 aliphatic heterocycles. The van der Waals surface area contributed by atoms with Crippen molar-refractivity contribution >= 4 is 0 Å². The van der Waals surface area contributed by atoms with Crippen molar-refractivity contribution in [1.29, 1.82) is 0 Å². The van der Waals surface area contributed by atoms with Crippen LogP contribution in [-0.2, 0) is 12.8 Å². The Hall–Kier alpha value is -0.820. The Labute approximate surface area is 99.3 Å². The van der Waals surface area contributed by atoms with Crippen molar-refractivity contribution < 1.29 is 0 Å². The molecule has 1 nitrogen and oxygen atoms in total. The first-order valence-corrected chi connectivity index (χ1v) is 6.58. The molecule has 16 heavy (non-hydrogen) atoms. The Morgan fingerprint density at radius 2 is 2.25 bits per heavy atom. The van der Waals surface area contributed by atoms with Gasteiger partial charge in [0.1, 0.15) is 0 Å². The lowest BCUT2D eigenvalue weighted by Crippen LogP contribution is -2.31. The highest BCUT2D eigenvalue weighted by atomic mass is 14.9. The highest BCUT2D eigenvalue weighted by molar-refractivity contribution is 5.31. The van der Waals surface area contributed by atoms with Crippen LogP contribution >= 0.6 is 0 Å². The standard InChI is InChI=1S/C15H23N/c1-3-13-7-6-12(2)15(9-13)10-14-5-4-8-16-11-14/h6-7,9,14,16H,3-5,8,10-11H2,1-2H3. The van der Waals surface area contributed by atoms with Gasteiger partial charge in [-0.25, -0.2) is 0 Å². The van der Waals surface area contributed by atoms with E-state index in [1.165, 1.54) is 43.5 Å². The quantitative estimate of drug-likeness (QED) is 0.820. The molecule has 1 heteroatoms. The van der Waals surface area contributed by atoms with Crippen LogP contribution in [-0.4, -0.2) is 13.1 Å². The fraction of sp³-hybridized carbons (Fsp3) is 0.600. The molecule has 1 aliphatic rings. The molecule has 1 N–H and O–H groups in total. The van der Waals surface area contributed by atoms with Crippen molar-refractivity contribution in [2.75, 3.05) is 13.1 Å². The van der Waals surface area contributed by atoms with E-state index >= 15 is 0 Å². The van der Waals surface area contributed by atoms with Gasteiger partial charge in [-0.2, -0.15) is 0 Å².